The quantitative estimate of drug-likeness (QED) is 0.508. The van der Waals surface area contributed by atoms with Crippen LogP contribution >= 0.6 is 0 Å². The fourth-order valence-electron chi connectivity index (χ4n) is 2.93. The molecule has 28 heavy (non-hydrogen) atoms. The van der Waals surface area contributed by atoms with E-state index in [-0.39, 0.29) is 17.1 Å². The zero-order valence-electron chi connectivity index (χ0n) is 16.6. The molecule has 3 aromatic rings. The molecule has 0 saturated heterocycles. The van der Waals surface area contributed by atoms with E-state index >= 15 is 0 Å². The number of carbonyl (C=O) groups excluding carboxylic acids is 1. The number of nitro groups is 1. The smallest absolute Gasteiger partial charge is 0.358 e. The molecule has 0 bridgehead atoms. The Morgan fingerprint density at radius 3 is 2.50 bits per heavy atom. The molecule has 3 rings (SSSR count). The summed E-state index contributed by atoms with van der Waals surface area (Å²) in [6, 6.07) is 9.74. The minimum Gasteiger partial charge on any atom is -0.358 e. The first-order chi connectivity index (χ1) is 13.1. The number of aryl methyl sites for hydroxylation is 2. The third-order valence-corrected chi connectivity index (χ3v) is 4.46. The lowest BCUT2D eigenvalue weighted by molar-refractivity contribution is -0.389. The van der Waals surface area contributed by atoms with E-state index in [2.05, 4.69) is 10.1 Å². The van der Waals surface area contributed by atoms with Crippen LogP contribution in [0.15, 0.2) is 36.5 Å². The molecule has 2 aromatic heterocycles. The average Bonchev–Trinajstić information content (AvgIpc) is 3.18. The highest BCUT2D eigenvalue weighted by molar-refractivity contribution is 5.95. The molecule has 0 aliphatic heterocycles. The molecule has 0 aliphatic rings. The first-order valence-corrected chi connectivity index (χ1v) is 8.95. The lowest BCUT2D eigenvalue weighted by Crippen LogP contribution is -2.19. The van der Waals surface area contributed by atoms with Gasteiger partial charge in [0.25, 0.3) is 5.91 Å². The maximum Gasteiger partial charge on any atom is 0.382 e. The number of hydrogen-bond acceptors (Lipinski definition) is 5. The minimum absolute atomic E-state index is 0.247. The lowest BCUT2D eigenvalue weighted by atomic mass is 9.92. The van der Waals surface area contributed by atoms with Gasteiger partial charge in [-0.2, -0.15) is 5.10 Å². The molecule has 0 radical (unpaired) electrons. The van der Waals surface area contributed by atoms with Gasteiger partial charge in [-0.1, -0.05) is 50.6 Å². The van der Waals surface area contributed by atoms with Crippen molar-refractivity contribution < 1.29 is 9.72 Å². The van der Waals surface area contributed by atoms with Crippen molar-refractivity contribution >= 4 is 11.7 Å². The summed E-state index contributed by atoms with van der Waals surface area (Å²) in [5, 5.41) is 15.7. The van der Waals surface area contributed by atoms with Gasteiger partial charge in [0.05, 0.1) is 12.2 Å². The number of benzene rings is 1. The molecule has 2 heterocycles. The van der Waals surface area contributed by atoms with E-state index in [0.717, 1.165) is 23.0 Å². The van der Waals surface area contributed by atoms with Crippen molar-refractivity contribution in [2.45, 2.75) is 46.6 Å². The second-order valence-corrected chi connectivity index (χ2v) is 7.89. The summed E-state index contributed by atoms with van der Waals surface area (Å²) in [6.07, 6.45) is 1.15. The molecule has 0 unspecified atom stereocenters. The fraction of sp³-hybridized carbons (Fsp3) is 0.350. The van der Waals surface area contributed by atoms with Gasteiger partial charge in [-0.25, -0.2) is 4.57 Å². The van der Waals surface area contributed by atoms with Crippen LogP contribution in [0.25, 0.3) is 0 Å². The molecule has 8 heteroatoms. The van der Waals surface area contributed by atoms with Crippen LogP contribution in [-0.2, 0) is 12.0 Å². The molecule has 0 spiro atoms. The summed E-state index contributed by atoms with van der Waals surface area (Å²) in [5.41, 5.74) is 3.03. The van der Waals surface area contributed by atoms with Crippen LogP contribution in [0.2, 0.25) is 0 Å². The van der Waals surface area contributed by atoms with Gasteiger partial charge < -0.3 is 10.1 Å². The van der Waals surface area contributed by atoms with Crippen LogP contribution in [0.1, 0.15) is 53.9 Å². The first-order valence-electron chi connectivity index (χ1n) is 8.95. The summed E-state index contributed by atoms with van der Waals surface area (Å²) >= 11 is 0. The number of imidazole rings is 1. The highest BCUT2D eigenvalue weighted by Crippen LogP contribution is 2.24. The Balaban J connectivity index is 2.07. The Labute approximate surface area is 163 Å². The molecular weight excluding hydrogens is 358 g/mol. The third-order valence-electron chi connectivity index (χ3n) is 4.46. The lowest BCUT2D eigenvalue weighted by Gasteiger charge is -2.14. The maximum absolute atomic E-state index is 13.2. The fourth-order valence-corrected chi connectivity index (χ4v) is 2.93. The van der Waals surface area contributed by atoms with E-state index in [9.17, 15) is 14.9 Å². The number of carbonyl (C=O) groups is 1. The van der Waals surface area contributed by atoms with E-state index < -0.39 is 10.8 Å². The number of hydrogen-bond donors (Lipinski definition) is 0. The zero-order chi connectivity index (χ0) is 20.6. The van der Waals surface area contributed by atoms with E-state index in [0.29, 0.717) is 12.2 Å². The highest BCUT2D eigenvalue weighted by Gasteiger charge is 2.27. The number of nitrogens with zero attached hydrogens (tertiary/aromatic N) is 5. The van der Waals surface area contributed by atoms with Crippen molar-refractivity contribution in [3.63, 3.8) is 0 Å². The van der Waals surface area contributed by atoms with Crippen LogP contribution in [0.3, 0.4) is 0 Å². The molecule has 0 N–H and O–H groups in total. The SMILES string of the molecule is Cc1cccc(Cn2nc(C(C)(C)C)cc2C(=O)n2cc([N+](=O)[O-])nc2C)c1. The molecule has 0 atom stereocenters. The van der Waals surface area contributed by atoms with Gasteiger partial charge in [0.2, 0.25) is 5.82 Å². The van der Waals surface area contributed by atoms with Crippen molar-refractivity contribution in [3.05, 3.63) is 75.0 Å². The second-order valence-electron chi connectivity index (χ2n) is 7.89. The Bertz CT molecular complexity index is 1060. The van der Waals surface area contributed by atoms with E-state index in [1.165, 1.54) is 4.57 Å². The molecule has 0 saturated carbocycles. The van der Waals surface area contributed by atoms with Gasteiger partial charge in [0.15, 0.2) is 0 Å². The first kappa shape index (κ1) is 19.5. The van der Waals surface area contributed by atoms with Crippen molar-refractivity contribution in [2.24, 2.45) is 0 Å². The molecule has 8 nitrogen and oxygen atoms in total. The van der Waals surface area contributed by atoms with E-state index in [1.54, 1.807) is 17.7 Å². The predicted octanol–water partition coefficient (Wildman–Crippen LogP) is 3.64. The van der Waals surface area contributed by atoms with Crippen LogP contribution in [0.4, 0.5) is 5.82 Å². The standard InChI is InChI=1S/C20H23N5O3/c1-13-7-6-8-15(9-13)11-24-16(10-17(22-24)20(3,4)5)19(26)23-12-18(25(27)28)21-14(23)2/h6-10,12H,11H2,1-5H3. The van der Waals surface area contributed by atoms with Gasteiger partial charge in [0.1, 0.15) is 11.9 Å². The van der Waals surface area contributed by atoms with Gasteiger partial charge in [-0.15, -0.1) is 0 Å². The zero-order valence-corrected chi connectivity index (χ0v) is 16.6. The highest BCUT2D eigenvalue weighted by atomic mass is 16.6. The summed E-state index contributed by atoms with van der Waals surface area (Å²) in [4.78, 5) is 27.4. The van der Waals surface area contributed by atoms with Gasteiger partial charge in [0, 0.05) is 12.3 Å². The van der Waals surface area contributed by atoms with Crippen molar-refractivity contribution in [1.29, 1.82) is 0 Å². The van der Waals surface area contributed by atoms with Crippen LogP contribution < -0.4 is 0 Å². The van der Waals surface area contributed by atoms with Crippen LogP contribution in [0, 0.1) is 24.0 Å². The van der Waals surface area contributed by atoms with Gasteiger partial charge in [-0.05, 0) is 28.5 Å². The van der Waals surface area contributed by atoms with Crippen molar-refractivity contribution in [1.82, 2.24) is 19.3 Å². The van der Waals surface area contributed by atoms with Crippen molar-refractivity contribution in [3.8, 4) is 0 Å². The normalized spacial score (nSPS) is 11.6. The summed E-state index contributed by atoms with van der Waals surface area (Å²) < 4.78 is 2.86. The second kappa shape index (κ2) is 7.03. The number of aromatic nitrogens is 4. The Morgan fingerprint density at radius 1 is 1.21 bits per heavy atom. The summed E-state index contributed by atoms with van der Waals surface area (Å²) in [7, 11) is 0. The van der Waals surface area contributed by atoms with E-state index in [1.807, 2.05) is 52.0 Å². The minimum atomic E-state index is -0.610. The molecule has 1 aromatic carbocycles. The molecule has 146 valence electrons. The topological polar surface area (TPSA) is 95.8 Å². The van der Waals surface area contributed by atoms with Crippen LogP contribution in [0.5, 0.6) is 0 Å². The molecule has 0 amide bonds. The Hall–Kier alpha value is -3.29. The average molecular weight is 381 g/mol. The predicted molar refractivity (Wildman–Crippen MR) is 105 cm³/mol. The summed E-state index contributed by atoms with van der Waals surface area (Å²) in [5.74, 6) is -0.488. The van der Waals surface area contributed by atoms with Crippen molar-refractivity contribution in [2.75, 3.05) is 0 Å². The summed E-state index contributed by atoms with van der Waals surface area (Å²) in [6.45, 7) is 10.1. The number of rotatable bonds is 4. The Morgan fingerprint density at radius 2 is 1.93 bits per heavy atom. The molecule has 0 fully saturated rings. The van der Waals surface area contributed by atoms with Gasteiger partial charge in [-0.3, -0.25) is 9.48 Å². The van der Waals surface area contributed by atoms with Crippen LogP contribution in [-0.4, -0.2) is 30.2 Å². The maximum atomic E-state index is 13.2. The Kier molecular flexibility index (Phi) is 4.89. The largest absolute Gasteiger partial charge is 0.382 e. The van der Waals surface area contributed by atoms with Gasteiger partial charge >= 0.3 is 5.82 Å². The molecular formula is C20H23N5O3. The van der Waals surface area contributed by atoms with E-state index in [4.69, 9.17) is 0 Å². The third kappa shape index (κ3) is 3.85. The monoisotopic (exact) mass is 381 g/mol. The molecule has 0 aliphatic carbocycles.